The van der Waals surface area contributed by atoms with Gasteiger partial charge in [-0.15, -0.1) is 0 Å². The summed E-state index contributed by atoms with van der Waals surface area (Å²) in [5, 5.41) is 11.6. The number of carbonyl (C=O) groups is 1. The molecule has 228 valence electrons. The van der Waals surface area contributed by atoms with Crippen molar-refractivity contribution in [3.63, 3.8) is 0 Å². The van der Waals surface area contributed by atoms with E-state index in [1.807, 2.05) is 81.2 Å². The van der Waals surface area contributed by atoms with Crippen LogP contribution in [-0.4, -0.2) is 45.0 Å². The van der Waals surface area contributed by atoms with Gasteiger partial charge in [0.15, 0.2) is 0 Å². The lowest BCUT2D eigenvalue weighted by atomic mass is 10.00. The van der Waals surface area contributed by atoms with E-state index in [4.69, 9.17) is 10.7 Å². The molecular weight excluding hydrogens is 524 g/mol. The molecule has 1 aromatic heterocycles. The first kappa shape index (κ1) is 34.5. The Morgan fingerprint density at radius 2 is 1.83 bits per heavy atom. The van der Waals surface area contributed by atoms with Crippen LogP contribution in [-0.2, 0) is 11.3 Å². The summed E-state index contributed by atoms with van der Waals surface area (Å²) in [6.45, 7) is 17.0. The minimum absolute atomic E-state index is 0.0210. The van der Waals surface area contributed by atoms with Crippen molar-refractivity contribution >= 4 is 28.1 Å². The molecule has 1 aromatic carbocycles. The average molecular weight is 575 g/mol. The van der Waals surface area contributed by atoms with E-state index in [0.29, 0.717) is 16.8 Å². The standard InChI is InChI=1S/C35H50N4O3/c1-9-13-19-38(18-11-3)33(40)26(12-4)23-32(36)37-31(25(5)6)22-27(14-10-2)28-15-16-30-29(21-28)17-20-39(34(30)41)24-35(7,8)42/h10,12,14-17,20-22,42H,9,11,13,18-19,23-24H2,1-8H3,(H2,36,37)/b14-10+,26-12+,27-22+. The predicted molar refractivity (Wildman–Crippen MR) is 177 cm³/mol. The second-order valence-corrected chi connectivity index (χ2v) is 11.6. The van der Waals surface area contributed by atoms with E-state index in [-0.39, 0.29) is 24.4 Å². The van der Waals surface area contributed by atoms with Crippen molar-refractivity contribution in [3.8, 4) is 0 Å². The van der Waals surface area contributed by atoms with Crippen LogP contribution >= 0.6 is 0 Å². The molecule has 2 aromatic rings. The van der Waals surface area contributed by atoms with Crippen LogP contribution in [0.4, 0.5) is 0 Å². The van der Waals surface area contributed by atoms with Gasteiger partial charge in [0.1, 0.15) is 5.84 Å². The van der Waals surface area contributed by atoms with Crippen LogP contribution < -0.4 is 11.3 Å². The van der Waals surface area contributed by atoms with Crippen molar-refractivity contribution in [1.29, 1.82) is 0 Å². The quantitative estimate of drug-likeness (QED) is 0.113. The van der Waals surface area contributed by atoms with Crippen molar-refractivity contribution in [3.05, 3.63) is 87.5 Å². The topological polar surface area (TPSA) is 101 Å². The number of unbranched alkanes of at least 4 members (excludes halogenated alkanes) is 1. The molecule has 0 aliphatic heterocycles. The molecule has 0 bridgehead atoms. The van der Waals surface area contributed by atoms with Gasteiger partial charge >= 0.3 is 0 Å². The van der Waals surface area contributed by atoms with Crippen molar-refractivity contribution in [1.82, 2.24) is 9.47 Å². The van der Waals surface area contributed by atoms with Gasteiger partial charge in [0.2, 0.25) is 5.91 Å². The van der Waals surface area contributed by atoms with Gasteiger partial charge in [-0.1, -0.05) is 50.1 Å². The van der Waals surface area contributed by atoms with Crippen LogP contribution in [0.25, 0.3) is 16.3 Å². The van der Waals surface area contributed by atoms with Crippen LogP contribution in [0.5, 0.6) is 0 Å². The molecule has 3 N–H and O–H groups in total. The highest BCUT2D eigenvalue weighted by molar-refractivity contribution is 6.00. The first-order chi connectivity index (χ1) is 19.8. The van der Waals surface area contributed by atoms with Gasteiger partial charge < -0.3 is 20.3 Å². The monoisotopic (exact) mass is 574 g/mol. The summed E-state index contributed by atoms with van der Waals surface area (Å²) in [6, 6.07) is 7.64. The molecule has 0 atom stereocenters. The lowest BCUT2D eigenvalue weighted by molar-refractivity contribution is -0.127. The number of amides is 1. The molecule has 0 aliphatic carbocycles. The fourth-order valence-electron chi connectivity index (χ4n) is 4.68. The maximum Gasteiger partial charge on any atom is 0.258 e. The Morgan fingerprint density at radius 3 is 2.40 bits per heavy atom. The number of rotatable bonds is 14. The van der Waals surface area contributed by atoms with Gasteiger partial charge in [0, 0.05) is 36.7 Å². The Labute approximate surface area is 251 Å². The van der Waals surface area contributed by atoms with Gasteiger partial charge in [0.05, 0.1) is 17.8 Å². The number of nitrogens with two attached hydrogens (primary N) is 1. The number of aromatic nitrogens is 1. The van der Waals surface area contributed by atoms with E-state index in [0.717, 1.165) is 60.1 Å². The lowest BCUT2D eigenvalue weighted by Crippen LogP contribution is -2.34. The van der Waals surface area contributed by atoms with Crippen LogP contribution in [0.3, 0.4) is 0 Å². The molecule has 0 unspecified atom stereocenters. The molecule has 42 heavy (non-hydrogen) atoms. The Kier molecular flexibility index (Phi) is 13.2. The minimum Gasteiger partial charge on any atom is -0.389 e. The summed E-state index contributed by atoms with van der Waals surface area (Å²) in [7, 11) is 0. The van der Waals surface area contributed by atoms with Crippen LogP contribution in [0.1, 0.15) is 86.6 Å². The number of benzene rings is 1. The number of hydrogen-bond acceptors (Lipinski definition) is 4. The van der Waals surface area contributed by atoms with Gasteiger partial charge in [0.25, 0.3) is 5.56 Å². The van der Waals surface area contributed by atoms with Gasteiger partial charge in [-0.25, -0.2) is 4.99 Å². The highest BCUT2D eigenvalue weighted by Gasteiger charge is 2.18. The van der Waals surface area contributed by atoms with E-state index in [1.165, 1.54) is 0 Å². The number of fused-ring (bicyclic) bond motifs is 1. The Bertz CT molecular complexity index is 1440. The Balaban J connectivity index is 2.44. The highest BCUT2D eigenvalue weighted by Crippen LogP contribution is 2.24. The van der Waals surface area contributed by atoms with Crippen molar-refractivity contribution in [2.75, 3.05) is 13.1 Å². The zero-order chi connectivity index (χ0) is 31.4. The van der Waals surface area contributed by atoms with Gasteiger partial charge in [-0.05, 0) is 95.2 Å². The van der Waals surface area contributed by atoms with Crippen molar-refractivity contribution in [2.45, 2.75) is 93.2 Å². The van der Waals surface area contributed by atoms with E-state index in [9.17, 15) is 14.7 Å². The SMILES string of the molecule is C/C=C/C(=C\C(N=C(N)C/C(=C\C)C(=O)N(CCC)CCCC)=C(C)C)c1ccc2c(=O)n(CC(C)(C)O)ccc2c1. The summed E-state index contributed by atoms with van der Waals surface area (Å²) in [4.78, 5) is 33.0. The molecule has 1 amide bonds. The summed E-state index contributed by atoms with van der Waals surface area (Å²) in [6.07, 6.45) is 12.7. The van der Waals surface area contributed by atoms with E-state index < -0.39 is 5.60 Å². The first-order valence-corrected chi connectivity index (χ1v) is 15.0. The maximum absolute atomic E-state index is 13.3. The Morgan fingerprint density at radius 1 is 1.12 bits per heavy atom. The van der Waals surface area contributed by atoms with Crippen LogP contribution in [0.15, 0.2) is 81.4 Å². The van der Waals surface area contributed by atoms with Crippen molar-refractivity contribution in [2.24, 2.45) is 10.7 Å². The van der Waals surface area contributed by atoms with Gasteiger partial charge in [-0.3, -0.25) is 9.59 Å². The van der Waals surface area contributed by atoms with E-state index in [2.05, 4.69) is 13.8 Å². The average Bonchev–Trinajstić information content (AvgIpc) is 2.93. The second-order valence-electron chi connectivity index (χ2n) is 11.6. The smallest absolute Gasteiger partial charge is 0.258 e. The molecule has 0 saturated heterocycles. The maximum atomic E-state index is 13.3. The number of hydrogen-bond donors (Lipinski definition) is 2. The third-order valence-electron chi connectivity index (χ3n) is 6.84. The fraction of sp³-hybridized carbons (Fsp3) is 0.457. The Hall–Kier alpha value is -3.71. The lowest BCUT2D eigenvalue weighted by Gasteiger charge is -2.23. The molecule has 0 spiro atoms. The molecule has 0 radical (unpaired) electrons. The number of aliphatic imine (C=N–C) groups is 1. The number of allylic oxidation sites excluding steroid dienone is 6. The summed E-state index contributed by atoms with van der Waals surface area (Å²) in [5.74, 6) is 0.397. The molecule has 1 heterocycles. The van der Waals surface area contributed by atoms with E-state index in [1.54, 1.807) is 24.6 Å². The molecule has 0 aliphatic rings. The number of nitrogens with zero attached hydrogens (tertiary/aromatic N) is 3. The summed E-state index contributed by atoms with van der Waals surface area (Å²) in [5.41, 5.74) is 9.52. The minimum atomic E-state index is -0.993. The molecule has 7 nitrogen and oxygen atoms in total. The molecule has 2 rings (SSSR count). The largest absolute Gasteiger partial charge is 0.389 e. The van der Waals surface area contributed by atoms with Crippen LogP contribution in [0, 0.1) is 0 Å². The number of amidine groups is 1. The summed E-state index contributed by atoms with van der Waals surface area (Å²) >= 11 is 0. The zero-order valence-corrected chi connectivity index (χ0v) is 26.8. The second kappa shape index (κ2) is 16.1. The van der Waals surface area contributed by atoms with E-state index >= 15 is 0 Å². The van der Waals surface area contributed by atoms with Gasteiger partial charge in [-0.2, -0.15) is 0 Å². The molecule has 0 fully saturated rings. The fourth-order valence-corrected chi connectivity index (χ4v) is 4.68. The molecule has 0 saturated carbocycles. The molecule has 7 heteroatoms. The predicted octanol–water partition coefficient (Wildman–Crippen LogP) is 6.76. The number of carbonyl (C=O) groups excluding carboxylic acids is 1. The number of aliphatic hydroxyl groups is 1. The van der Waals surface area contributed by atoms with Crippen LogP contribution in [0.2, 0.25) is 0 Å². The first-order valence-electron chi connectivity index (χ1n) is 15.0. The molecular formula is C35H50N4O3. The van der Waals surface area contributed by atoms with Crippen molar-refractivity contribution < 1.29 is 9.90 Å². The zero-order valence-electron chi connectivity index (χ0n) is 26.8. The summed E-state index contributed by atoms with van der Waals surface area (Å²) < 4.78 is 1.54. The number of pyridine rings is 1. The normalized spacial score (nSPS) is 13.2. The third kappa shape index (κ3) is 9.98. The third-order valence-corrected chi connectivity index (χ3v) is 6.84. The highest BCUT2D eigenvalue weighted by atomic mass is 16.3.